The molecule has 0 aliphatic carbocycles. The van der Waals surface area contributed by atoms with Crippen molar-refractivity contribution < 1.29 is 9.59 Å². The second-order valence-corrected chi connectivity index (χ2v) is 5.08. The smallest absolute Gasteiger partial charge is 0.234 e. The first-order chi connectivity index (χ1) is 9.49. The summed E-state index contributed by atoms with van der Waals surface area (Å²) in [4.78, 5) is 22.9. The van der Waals surface area contributed by atoms with E-state index in [4.69, 9.17) is 0 Å². The van der Waals surface area contributed by atoms with Crippen molar-refractivity contribution in [3.05, 3.63) is 0 Å². The zero-order valence-electron chi connectivity index (χ0n) is 13.2. The van der Waals surface area contributed by atoms with Gasteiger partial charge >= 0.3 is 0 Å². The van der Waals surface area contributed by atoms with E-state index in [1.807, 2.05) is 13.8 Å². The predicted octanol–water partition coefficient (Wildman–Crippen LogP) is -0.00500. The van der Waals surface area contributed by atoms with Crippen molar-refractivity contribution in [3.8, 4) is 0 Å². The van der Waals surface area contributed by atoms with Crippen LogP contribution >= 0.6 is 0 Å². The molecule has 6 heteroatoms. The van der Waals surface area contributed by atoms with Crippen LogP contribution in [0.25, 0.3) is 0 Å². The Morgan fingerprint density at radius 1 is 0.800 bits per heavy atom. The normalized spacial score (nSPS) is 13.6. The number of hydrogen-bond donors (Lipinski definition) is 4. The van der Waals surface area contributed by atoms with Gasteiger partial charge in [0.1, 0.15) is 0 Å². The highest BCUT2D eigenvalue weighted by Crippen LogP contribution is 1.86. The van der Waals surface area contributed by atoms with Gasteiger partial charge in [0, 0.05) is 25.2 Å². The fourth-order valence-corrected chi connectivity index (χ4v) is 1.35. The van der Waals surface area contributed by atoms with Gasteiger partial charge in [0.2, 0.25) is 11.8 Å². The highest BCUT2D eigenvalue weighted by atomic mass is 16.2. The fourth-order valence-electron chi connectivity index (χ4n) is 1.35. The van der Waals surface area contributed by atoms with Crippen LogP contribution in [-0.4, -0.2) is 50.1 Å². The summed E-state index contributed by atoms with van der Waals surface area (Å²) >= 11 is 0. The van der Waals surface area contributed by atoms with Crippen LogP contribution < -0.4 is 21.3 Å². The van der Waals surface area contributed by atoms with Gasteiger partial charge in [0.15, 0.2) is 0 Å². The van der Waals surface area contributed by atoms with E-state index < -0.39 is 0 Å². The Hall–Kier alpha value is -1.14. The van der Waals surface area contributed by atoms with Crippen LogP contribution in [0, 0.1) is 0 Å². The van der Waals surface area contributed by atoms with E-state index in [2.05, 4.69) is 35.1 Å². The highest BCUT2D eigenvalue weighted by molar-refractivity contribution is 5.79. The molecular formula is C14H30N4O2. The van der Waals surface area contributed by atoms with E-state index in [9.17, 15) is 9.59 Å². The minimum atomic E-state index is -0.0442. The van der Waals surface area contributed by atoms with Crippen LogP contribution in [0.3, 0.4) is 0 Å². The maximum absolute atomic E-state index is 11.5. The highest BCUT2D eigenvalue weighted by Gasteiger charge is 2.05. The first kappa shape index (κ1) is 18.9. The summed E-state index contributed by atoms with van der Waals surface area (Å²) < 4.78 is 0. The molecule has 118 valence electrons. The third kappa shape index (κ3) is 10.8. The zero-order valence-corrected chi connectivity index (χ0v) is 13.2. The van der Waals surface area contributed by atoms with E-state index in [0.29, 0.717) is 38.3 Å². The lowest BCUT2D eigenvalue weighted by atomic mass is 10.2. The molecule has 0 aromatic heterocycles. The fraction of sp³-hybridized carbons (Fsp3) is 0.857. The van der Waals surface area contributed by atoms with Crippen LogP contribution in [0.1, 0.15) is 40.5 Å². The number of carbonyl (C=O) groups is 2. The molecule has 6 nitrogen and oxygen atoms in total. The maximum atomic E-state index is 11.5. The van der Waals surface area contributed by atoms with Crippen LogP contribution in [0.2, 0.25) is 0 Å². The molecule has 4 N–H and O–H groups in total. The maximum Gasteiger partial charge on any atom is 0.234 e. The third-order valence-corrected chi connectivity index (χ3v) is 3.22. The molecule has 0 aliphatic heterocycles. The molecule has 0 aromatic carbocycles. The Balaban J connectivity index is 3.51. The van der Waals surface area contributed by atoms with Crippen molar-refractivity contribution in [2.45, 2.75) is 52.6 Å². The molecule has 0 aromatic rings. The molecule has 2 atom stereocenters. The molecule has 0 saturated carbocycles. The molecular weight excluding hydrogens is 256 g/mol. The average molecular weight is 286 g/mol. The second-order valence-electron chi connectivity index (χ2n) is 5.08. The number of nitrogens with one attached hydrogen (secondary N) is 4. The molecule has 20 heavy (non-hydrogen) atoms. The molecule has 0 spiro atoms. The van der Waals surface area contributed by atoms with Crippen LogP contribution in [0.4, 0.5) is 0 Å². The quantitative estimate of drug-likeness (QED) is 0.403. The minimum Gasteiger partial charge on any atom is -0.353 e. The first-order valence-electron chi connectivity index (χ1n) is 7.49. The summed E-state index contributed by atoms with van der Waals surface area (Å²) in [5.74, 6) is -0.0884. The molecule has 0 radical (unpaired) electrons. The van der Waals surface area contributed by atoms with Gasteiger partial charge in [-0.15, -0.1) is 0 Å². The first-order valence-corrected chi connectivity index (χ1v) is 7.49. The Morgan fingerprint density at radius 3 is 1.45 bits per heavy atom. The van der Waals surface area contributed by atoms with Gasteiger partial charge in [-0.05, 0) is 26.7 Å². The van der Waals surface area contributed by atoms with Gasteiger partial charge in [0.25, 0.3) is 0 Å². The molecule has 2 amide bonds. The Bertz CT molecular complexity index is 256. The largest absolute Gasteiger partial charge is 0.353 e. The van der Waals surface area contributed by atoms with Gasteiger partial charge in [-0.2, -0.15) is 0 Å². The Kier molecular flexibility index (Phi) is 11.0. The minimum absolute atomic E-state index is 0.0442. The molecule has 0 saturated heterocycles. The van der Waals surface area contributed by atoms with Crippen LogP contribution in [-0.2, 0) is 9.59 Å². The van der Waals surface area contributed by atoms with Crippen molar-refractivity contribution >= 4 is 11.8 Å². The molecule has 0 heterocycles. The van der Waals surface area contributed by atoms with E-state index in [1.54, 1.807) is 0 Å². The lowest BCUT2D eigenvalue weighted by Crippen LogP contribution is -2.43. The van der Waals surface area contributed by atoms with E-state index in [0.717, 1.165) is 12.8 Å². The van der Waals surface area contributed by atoms with Crippen LogP contribution in [0.5, 0.6) is 0 Å². The van der Waals surface area contributed by atoms with E-state index in [-0.39, 0.29) is 11.8 Å². The monoisotopic (exact) mass is 286 g/mol. The molecule has 0 fully saturated rings. The van der Waals surface area contributed by atoms with Gasteiger partial charge in [-0.25, -0.2) is 0 Å². The van der Waals surface area contributed by atoms with Gasteiger partial charge in [-0.1, -0.05) is 13.8 Å². The summed E-state index contributed by atoms with van der Waals surface area (Å²) in [6.07, 6.45) is 1.99. The summed E-state index contributed by atoms with van der Waals surface area (Å²) in [6.45, 7) is 9.76. The zero-order chi connectivity index (χ0) is 15.4. The third-order valence-electron chi connectivity index (χ3n) is 3.22. The van der Waals surface area contributed by atoms with Gasteiger partial charge in [-0.3, -0.25) is 9.59 Å². The topological polar surface area (TPSA) is 82.3 Å². The molecule has 0 aliphatic rings. The number of hydrogen-bond acceptors (Lipinski definition) is 4. The summed E-state index contributed by atoms with van der Waals surface area (Å²) in [7, 11) is 0. The lowest BCUT2D eigenvalue weighted by molar-refractivity contribution is -0.122. The number of carbonyl (C=O) groups excluding carboxylic acids is 2. The van der Waals surface area contributed by atoms with Crippen molar-refractivity contribution in [2.24, 2.45) is 0 Å². The van der Waals surface area contributed by atoms with Gasteiger partial charge < -0.3 is 21.3 Å². The van der Waals surface area contributed by atoms with Gasteiger partial charge in [0.05, 0.1) is 13.1 Å². The van der Waals surface area contributed by atoms with Crippen molar-refractivity contribution in [1.82, 2.24) is 21.3 Å². The number of rotatable bonds is 11. The predicted molar refractivity (Wildman–Crippen MR) is 81.5 cm³/mol. The van der Waals surface area contributed by atoms with Crippen molar-refractivity contribution in [2.75, 3.05) is 26.2 Å². The van der Waals surface area contributed by atoms with Crippen molar-refractivity contribution in [1.29, 1.82) is 0 Å². The Labute approximate surface area is 122 Å². The second kappa shape index (κ2) is 11.7. The number of amides is 2. The average Bonchev–Trinajstić information content (AvgIpc) is 2.46. The molecule has 2 unspecified atom stereocenters. The summed E-state index contributed by atoms with van der Waals surface area (Å²) in [5, 5.41) is 11.7. The summed E-state index contributed by atoms with van der Waals surface area (Å²) in [6, 6.07) is 0.680. The SMILES string of the molecule is CCC(C)NCC(=O)NCCNC(=O)CNC(C)CC. The Morgan fingerprint density at radius 2 is 1.15 bits per heavy atom. The van der Waals surface area contributed by atoms with Crippen molar-refractivity contribution in [3.63, 3.8) is 0 Å². The molecule has 0 bridgehead atoms. The standard InChI is InChI=1S/C14H30N4O2/c1-5-11(3)17-9-13(19)15-7-8-16-14(20)10-18-12(4)6-2/h11-12,17-18H,5-10H2,1-4H3,(H,15,19)(H,16,20). The van der Waals surface area contributed by atoms with Crippen LogP contribution in [0.15, 0.2) is 0 Å². The molecule has 0 rings (SSSR count). The van der Waals surface area contributed by atoms with E-state index in [1.165, 1.54) is 0 Å². The van der Waals surface area contributed by atoms with E-state index >= 15 is 0 Å². The summed E-state index contributed by atoms with van der Waals surface area (Å²) in [5.41, 5.74) is 0. The lowest BCUT2D eigenvalue weighted by Gasteiger charge is -2.12.